The SMILES string of the molecule is CCC(=CCNCC1CCC(O)C1)C(=O)O. The second-order valence-corrected chi connectivity index (χ2v) is 4.38. The van der Waals surface area contributed by atoms with Gasteiger partial charge in [0.15, 0.2) is 0 Å². The molecule has 1 aliphatic rings. The highest BCUT2D eigenvalue weighted by Crippen LogP contribution is 2.24. The number of aliphatic carboxylic acids is 1. The second-order valence-electron chi connectivity index (χ2n) is 4.38. The Morgan fingerprint density at radius 3 is 2.75 bits per heavy atom. The molecule has 0 amide bonds. The Hall–Kier alpha value is -0.870. The lowest BCUT2D eigenvalue weighted by Gasteiger charge is -2.09. The molecule has 0 saturated heterocycles. The van der Waals surface area contributed by atoms with Gasteiger partial charge in [-0.05, 0) is 38.1 Å². The van der Waals surface area contributed by atoms with Crippen molar-refractivity contribution in [1.29, 1.82) is 0 Å². The van der Waals surface area contributed by atoms with Crippen LogP contribution in [-0.4, -0.2) is 35.4 Å². The molecule has 0 heterocycles. The number of carboxylic acids is 1. The van der Waals surface area contributed by atoms with E-state index in [4.69, 9.17) is 5.11 Å². The van der Waals surface area contributed by atoms with Gasteiger partial charge >= 0.3 is 5.97 Å². The van der Waals surface area contributed by atoms with Crippen LogP contribution < -0.4 is 5.32 Å². The predicted octanol–water partition coefficient (Wildman–Crippen LogP) is 1.16. The third-order valence-electron chi connectivity index (χ3n) is 3.09. The summed E-state index contributed by atoms with van der Waals surface area (Å²) in [6.45, 7) is 3.31. The normalized spacial score (nSPS) is 26.0. The lowest BCUT2D eigenvalue weighted by atomic mass is 10.1. The van der Waals surface area contributed by atoms with Crippen LogP contribution in [0.2, 0.25) is 0 Å². The first-order valence-corrected chi connectivity index (χ1v) is 5.94. The van der Waals surface area contributed by atoms with Crippen LogP contribution in [0.4, 0.5) is 0 Å². The Bertz CT molecular complexity index is 263. The second kappa shape index (κ2) is 6.66. The van der Waals surface area contributed by atoms with E-state index in [9.17, 15) is 9.90 Å². The third-order valence-corrected chi connectivity index (χ3v) is 3.09. The molecule has 2 atom stereocenters. The Labute approximate surface area is 96.4 Å². The molecule has 0 aromatic heterocycles. The molecular formula is C12H21NO3. The van der Waals surface area contributed by atoms with Gasteiger partial charge < -0.3 is 15.5 Å². The average molecular weight is 227 g/mol. The molecule has 1 saturated carbocycles. The zero-order chi connectivity index (χ0) is 12.0. The van der Waals surface area contributed by atoms with Crippen LogP contribution in [0, 0.1) is 5.92 Å². The minimum absolute atomic E-state index is 0.132. The molecule has 0 spiro atoms. The van der Waals surface area contributed by atoms with Gasteiger partial charge in [-0.25, -0.2) is 4.79 Å². The van der Waals surface area contributed by atoms with Crippen molar-refractivity contribution in [2.45, 2.75) is 38.7 Å². The molecule has 1 aliphatic carbocycles. The first-order chi connectivity index (χ1) is 7.63. The van der Waals surface area contributed by atoms with Crippen LogP contribution in [0.3, 0.4) is 0 Å². The van der Waals surface area contributed by atoms with Gasteiger partial charge in [-0.15, -0.1) is 0 Å². The summed E-state index contributed by atoms with van der Waals surface area (Å²) in [7, 11) is 0. The van der Waals surface area contributed by atoms with Crippen molar-refractivity contribution < 1.29 is 15.0 Å². The maximum atomic E-state index is 10.7. The Morgan fingerprint density at radius 2 is 2.25 bits per heavy atom. The lowest BCUT2D eigenvalue weighted by molar-refractivity contribution is -0.132. The highest BCUT2D eigenvalue weighted by atomic mass is 16.4. The van der Waals surface area contributed by atoms with Crippen LogP contribution >= 0.6 is 0 Å². The van der Waals surface area contributed by atoms with Crippen molar-refractivity contribution >= 4 is 5.97 Å². The molecule has 0 bridgehead atoms. The Balaban J connectivity index is 2.18. The van der Waals surface area contributed by atoms with E-state index in [1.54, 1.807) is 6.08 Å². The first kappa shape index (κ1) is 13.2. The highest BCUT2D eigenvalue weighted by molar-refractivity contribution is 5.86. The average Bonchev–Trinajstić information content (AvgIpc) is 2.64. The van der Waals surface area contributed by atoms with Crippen LogP contribution in [0.1, 0.15) is 32.6 Å². The number of hydrogen-bond donors (Lipinski definition) is 3. The van der Waals surface area contributed by atoms with Gasteiger partial charge in [0, 0.05) is 12.1 Å². The summed E-state index contributed by atoms with van der Waals surface area (Å²) < 4.78 is 0. The minimum atomic E-state index is -0.833. The van der Waals surface area contributed by atoms with Gasteiger partial charge in [0.1, 0.15) is 0 Å². The zero-order valence-electron chi connectivity index (χ0n) is 9.78. The maximum Gasteiger partial charge on any atom is 0.331 e. The van der Waals surface area contributed by atoms with Gasteiger partial charge in [-0.2, -0.15) is 0 Å². The number of hydrogen-bond acceptors (Lipinski definition) is 3. The van der Waals surface area contributed by atoms with E-state index in [0.29, 0.717) is 24.5 Å². The smallest absolute Gasteiger partial charge is 0.331 e. The highest BCUT2D eigenvalue weighted by Gasteiger charge is 2.21. The van der Waals surface area contributed by atoms with E-state index in [1.807, 2.05) is 6.92 Å². The third kappa shape index (κ3) is 4.33. The molecule has 16 heavy (non-hydrogen) atoms. The van der Waals surface area contributed by atoms with E-state index in [2.05, 4.69) is 5.32 Å². The summed E-state index contributed by atoms with van der Waals surface area (Å²) in [6.07, 6.45) is 4.99. The van der Waals surface area contributed by atoms with Gasteiger partial charge in [-0.3, -0.25) is 0 Å². The van der Waals surface area contributed by atoms with Crippen molar-refractivity contribution in [2.24, 2.45) is 5.92 Å². The van der Waals surface area contributed by atoms with Gasteiger partial charge in [-0.1, -0.05) is 13.0 Å². The van der Waals surface area contributed by atoms with Crippen molar-refractivity contribution in [3.63, 3.8) is 0 Å². The van der Waals surface area contributed by atoms with Crippen LogP contribution in [-0.2, 0) is 4.79 Å². The molecule has 0 aromatic rings. The van der Waals surface area contributed by atoms with Crippen molar-refractivity contribution in [3.05, 3.63) is 11.6 Å². The first-order valence-electron chi connectivity index (χ1n) is 5.94. The number of nitrogens with one attached hydrogen (secondary N) is 1. The summed E-state index contributed by atoms with van der Waals surface area (Å²) >= 11 is 0. The maximum absolute atomic E-state index is 10.7. The van der Waals surface area contributed by atoms with E-state index in [0.717, 1.165) is 25.8 Å². The number of rotatable bonds is 6. The molecule has 2 unspecified atom stereocenters. The van der Waals surface area contributed by atoms with Gasteiger partial charge in [0.05, 0.1) is 6.10 Å². The van der Waals surface area contributed by atoms with Crippen LogP contribution in [0.25, 0.3) is 0 Å². The van der Waals surface area contributed by atoms with E-state index >= 15 is 0 Å². The summed E-state index contributed by atoms with van der Waals surface area (Å²) in [6, 6.07) is 0. The Kier molecular flexibility index (Phi) is 5.49. The molecule has 1 fully saturated rings. The molecule has 0 aromatic carbocycles. The molecule has 0 radical (unpaired) electrons. The van der Waals surface area contributed by atoms with Crippen molar-refractivity contribution in [2.75, 3.05) is 13.1 Å². The van der Waals surface area contributed by atoms with E-state index in [1.165, 1.54) is 0 Å². The molecule has 4 nitrogen and oxygen atoms in total. The van der Waals surface area contributed by atoms with Gasteiger partial charge in [0.2, 0.25) is 0 Å². The quantitative estimate of drug-likeness (QED) is 0.470. The lowest BCUT2D eigenvalue weighted by Crippen LogP contribution is -2.22. The van der Waals surface area contributed by atoms with Crippen molar-refractivity contribution in [3.8, 4) is 0 Å². The molecule has 3 N–H and O–H groups in total. The zero-order valence-corrected chi connectivity index (χ0v) is 9.78. The fourth-order valence-electron chi connectivity index (χ4n) is 2.10. The topological polar surface area (TPSA) is 69.6 Å². The number of carbonyl (C=O) groups is 1. The summed E-state index contributed by atoms with van der Waals surface area (Å²) in [5, 5.41) is 21.3. The van der Waals surface area contributed by atoms with E-state index in [-0.39, 0.29) is 6.10 Å². The summed E-state index contributed by atoms with van der Waals surface area (Å²) in [4.78, 5) is 10.7. The molecule has 0 aliphatic heterocycles. The molecule has 1 rings (SSSR count). The summed E-state index contributed by atoms with van der Waals surface area (Å²) in [5.74, 6) is -0.293. The fraction of sp³-hybridized carbons (Fsp3) is 0.750. The minimum Gasteiger partial charge on any atom is -0.478 e. The molecule has 92 valence electrons. The number of carboxylic acid groups (broad SMARTS) is 1. The van der Waals surface area contributed by atoms with E-state index < -0.39 is 5.97 Å². The Morgan fingerprint density at radius 1 is 1.50 bits per heavy atom. The van der Waals surface area contributed by atoms with Gasteiger partial charge in [0.25, 0.3) is 0 Å². The molecule has 4 heteroatoms. The largest absolute Gasteiger partial charge is 0.478 e. The fourth-order valence-corrected chi connectivity index (χ4v) is 2.10. The van der Waals surface area contributed by atoms with Crippen molar-refractivity contribution in [1.82, 2.24) is 5.32 Å². The summed E-state index contributed by atoms with van der Waals surface area (Å²) in [5.41, 5.74) is 0.457. The number of aliphatic hydroxyl groups is 1. The van der Waals surface area contributed by atoms with Crippen LogP contribution in [0.5, 0.6) is 0 Å². The van der Waals surface area contributed by atoms with Crippen LogP contribution in [0.15, 0.2) is 11.6 Å². The standard InChI is InChI=1S/C12H21NO3/c1-2-10(12(15)16)5-6-13-8-9-3-4-11(14)7-9/h5,9,11,13-14H,2-4,6-8H2,1H3,(H,15,16). The number of aliphatic hydroxyl groups excluding tert-OH is 1. The molecular weight excluding hydrogens is 206 g/mol. The monoisotopic (exact) mass is 227 g/mol. The predicted molar refractivity (Wildman–Crippen MR) is 62.2 cm³/mol.